The van der Waals surface area contributed by atoms with Gasteiger partial charge in [0.15, 0.2) is 13.4 Å². The fourth-order valence-corrected chi connectivity index (χ4v) is 5.78. The van der Waals surface area contributed by atoms with Crippen LogP contribution in [0, 0.1) is 11.8 Å². The molecule has 0 unspecified atom stereocenters. The van der Waals surface area contributed by atoms with Gasteiger partial charge in [0.2, 0.25) is 12.7 Å². The predicted molar refractivity (Wildman–Crippen MR) is 122 cm³/mol. The van der Waals surface area contributed by atoms with Crippen LogP contribution >= 0.6 is 11.8 Å². The average Bonchev–Trinajstić information content (AvgIpc) is 2.68. The molecular weight excluding hydrogens is 450 g/mol. The standard InChI is InChI=1S/C22H31NO7SSi/c1-14(22(27)31-17-10-8-7-9-11-17)20-19(15(2)30-32(4,5)6)21(26)23(20)12-18(25)29-13-28-16(3)24/h7-11,14-15,19-20H,12-13H2,1-6H3/t14-,15-,19-,20-/m1/s1. The quantitative estimate of drug-likeness (QED) is 0.165. The Labute approximate surface area is 194 Å². The lowest BCUT2D eigenvalue weighted by Crippen LogP contribution is -2.69. The highest BCUT2D eigenvalue weighted by Gasteiger charge is 2.55. The SMILES string of the molecule is CC(=O)OCOC(=O)CN1C(=O)[C@H]([C@@H](C)O[Si](C)(C)C)[C@H]1[C@@H](C)C(=O)Sc1ccccc1. The Bertz CT molecular complexity index is 842. The van der Waals surface area contributed by atoms with Gasteiger partial charge in [0.25, 0.3) is 0 Å². The third kappa shape index (κ3) is 7.18. The normalized spacial score (nSPS) is 20.2. The third-order valence-electron chi connectivity index (χ3n) is 4.97. The molecule has 1 aliphatic heterocycles. The molecule has 1 aliphatic rings. The number of hydrogen-bond acceptors (Lipinski definition) is 8. The molecule has 1 heterocycles. The number of thioether (sulfide) groups is 1. The molecule has 1 aromatic rings. The molecule has 1 amide bonds. The van der Waals surface area contributed by atoms with Gasteiger partial charge in [-0.2, -0.15) is 0 Å². The molecular formula is C22H31NO7SSi. The molecule has 0 N–H and O–H groups in total. The Balaban J connectivity index is 2.15. The molecule has 1 aromatic carbocycles. The van der Waals surface area contributed by atoms with E-state index in [1.165, 1.54) is 11.8 Å². The molecule has 10 heteroatoms. The second-order valence-electron chi connectivity index (χ2n) is 8.71. The van der Waals surface area contributed by atoms with Crippen LogP contribution in [0.5, 0.6) is 0 Å². The van der Waals surface area contributed by atoms with Crippen molar-refractivity contribution in [3.63, 3.8) is 0 Å². The van der Waals surface area contributed by atoms with E-state index >= 15 is 0 Å². The van der Waals surface area contributed by atoms with Gasteiger partial charge in [-0.1, -0.05) is 36.9 Å². The van der Waals surface area contributed by atoms with E-state index in [9.17, 15) is 19.2 Å². The van der Waals surface area contributed by atoms with E-state index in [1.807, 2.05) is 56.9 Å². The lowest BCUT2D eigenvalue weighted by atomic mass is 9.77. The van der Waals surface area contributed by atoms with Crippen molar-refractivity contribution in [1.82, 2.24) is 4.90 Å². The summed E-state index contributed by atoms with van der Waals surface area (Å²) in [5, 5.41) is -0.0998. The predicted octanol–water partition coefficient (Wildman–Crippen LogP) is 3.07. The zero-order valence-corrected chi connectivity index (χ0v) is 21.1. The molecule has 1 saturated heterocycles. The van der Waals surface area contributed by atoms with Crippen molar-refractivity contribution in [3.05, 3.63) is 30.3 Å². The molecule has 176 valence electrons. The summed E-state index contributed by atoms with van der Waals surface area (Å²) < 4.78 is 15.6. The van der Waals surface area contributed by atoms with Gasteiger partial charge in [0, 0.05) is 17.7 Å². The number of hydrogen-bond donors (Lipinski definition) is 0. The van der Waals surface area contributed by atoms with Gasteiger partial charge in [-0.15, -0.1) is 0 Å². The van der Waals surface area contributed by atoms with Gasteiger partial charge < -0.3 is 18.8 Å². The van der Waals surface area contributed by atoms with Gasteiger partial charge in [0.1, 0.15) is 6.54 Å². The van der Waals surface area contributed by atoms with Crippen LogP contribution in [0.4, 0.5) is 0 Å². The Morgan fingerprint density at radius 1 is 1.09 bits per heavy atom. The van der Waals surface area contributed by atoms with Crippen LogP contribution in [0.15, 0.2) is 35.2 Å². The fraction of sp³-hybridized carbons (Fsp3) is 0.545. The fourth-order valence-electron chi connectivity index (χ4n) is 3.67. The summed E-state index contributed by atoms with van der Waals surface area (Å²) in [6.45, 7) is 10.1. The monoisotopic (exact) mass is 481 g/mol. The van der Waals surface area contributed by atoms with Gasteiger partial charge in [-0.25, -0.2) is 0 Å². The van der Waals surface area contributed by atoms with E-state index in [0.717, 1.165) is 16.7 Å². The highest BCUT2D eigenvalue weighted by molar-refractivity contribution is 8.13. The molecule has 32 heavy (non-hydrogen) atoms. The molecule has 2 rings (SSSR count). The summed E-state index contributed by atoms with van der Waals surface area (Å²) in [4.78, 5) is 51.1. The summed E-state index contributed by atoms with van der Waals surface area (Å²) in [5.74, 6) is -2.60. The molecule has 8 nitrogen and oxygen atoms in total. The number of β-lactam (4-membered cyclic amide) rings is 1. The zero-order chi connectivity index (χ0) is 24.1. The highest BCUT2D eigenvalue weighted by Crippen LogP contribution is 2.39. The zero-order valence-electron chi connectivity index (χ0n) is 19.3. The number of carbonyl (C=O) groups is 4. The van der Waals surface area contributed by atoms with Crippen molar-refractivity contribution in [2.45, 2.75) is 57.5 Å². The molecule has 0 spiro atoms. The molecule has 0 radical (unpaired) electrons. The molecule has 0 aliphatic carbocycles. The number of nitrogens with zero attached hydrogens (tertiary/aromatic N) is 1. The first kappa shape index (κ1) is 26.1. The smallest absolute Gasteiger partial charge is 0.328 e. The Morgan fingerprint density at radius 2 is 1.72 bits per heavy atom. The summed E-state index contributed by atoms with van der Waals surface area (Å²) in [6.07, 6.45) is -0.385. The first-order valence-corrected chi connectivity index (χ1v) is 14.7. The third-order valence-corrected chi connectivity index (χ3v) is 7.13. The summed E-state index contributed by atoms with van der Waals surface area (Å²) in [5.41, 5.74) is 0. The molecule has 0 aromatic heterocycles. The van der Waals surface area contributed by atoms with E-state index in [1.54, 1.807) is 6.92 Å². The molecule has 4 atom stereocenters. The van der Waals surface area contributed by atoms with Crippen LogP contribution in [0.2, 0.25) is 19.6 Å². The minimum atomic E-state index is -1.93. The van der Waals surface area contributed by atoms with Crippen LogP contribution in [-0.4, -0.2) is 61.7 Å². The minimum Gasteiger partial charge on any atom is -0.428 e. The minimum absolute atomic E-state index is 0.0998. The summed E-state index contributed by atoms with van der Waals surface area (Å²) >= 11 is 1.11. The van der Waals surface area contributed by atoms with Crippen molar-refractivity contribution in [2.75, 3.05) is 13.3 Å². The highest BCUT2D eigenvalue weighted by atomic mass is 32.2. The summed E-state index contributed by atoms with van der Waals surface area (Å²) in [7, 11) is -1.93. The average molecular weight is 482 g/mol. The van der Waals surface area contributed by atoms with Crippen molar-refractivity contribution >= 4 is 43.0 Å². The maximum atomic E-state index is 13.0. The van der Waals surface area contributed by atoms with Crippen LogP contribution in [0.3, 0.4) is 0 Å². The number of ether oxygens (including phenoxy) is 2. The van der Waals surface area contributed by atoms with E-state index < -0.39 is 44.9 Å². The van der Waals surface area contributed by atoms with Crippen LogP contribution < -0.4 is 0 Å². The van der Waals surface area contributed by atoms with E-state index in [4.69, 9.17) is 9.16 Å². The van der Waals surface area contributed by atoms with Crippen LogP contribution in [0.1, 0.15) is 20.8 Å². The van der Waals surface area contributed by atoms with Crippen LogP contribution in [0.25, 0.3) is 0 Å². The Kier molecular flexibility index (Phi) is 9.05. The van der Waals surface area contributed by atoms with Gasteiger partial charge >= 0.3 is 11.9 Å². The van der Waals surface area contributed by atoms with Gasteiger partial charge in [0.05, 0.1) is 18.1 Å². The number of rotatable bonds is 10. The number of benzene rings is 1. The first-order valence-electron chi connectivity index (χ1n) is 10.4. The second-order valence-corrected chi connectivity index (χ2v) is 14.2. The van der Waals surface area contributed by atoms with Crippen molar-refractivity contribution in [2.24, 2.45) is 11.8 Å². The maximum Gasteiger partial charge on any atom is 0.328 e. The lowest BCUT2D eigenvalue weighted by molar-refractivity contribution is -0.180. The van der Waals surface area contributed by atoms with E-state index in [-0.39, 0.29) is 23.7 Å². The Hall–Kier alpha value is -2.17. The van der Waals surface area contributed by atoms with E-state index in [0.29, 0.717) is 0 Å². The van der Waals surface area contributed by atoms with E-state index in [2.05, 4.69) is 4.74 Å². The Morgan fingerprint density at radius 3 is 2.28 bits per heavy atom. The second kappa shape index (κ2) is 11.1. The van der Waals surface area contributed by atoms with Crippen LogP contribution in [-0.2, 0) is 33.1 Å². The molecule has 0 saturated carbocycles. The molecule has 1 fully saturated rings. The lowest BCUT2D eigenvalue weighted by Gasteiger charge is -2.51. The summed E-state index contributed by atoms with van der Waals surface area (Å²) in [6, 6.07) is 8.77. The van der Waals surface area contributed by atoms with Gasteiger partial charge in [-0.3, -0.25) is 19.2 Å². The van der Waals surface area contributed by atoms with Gasteiger partial charge in [-0.05, 0) is 38.7 Å². The molecule has 0 bridgehead atoms. The number of likely N-dealkylation sites (tertiary alicyclic amines) is 1. The maximum absolute atomic E-state index is 13.0. The largest absolute Gasteiger partial charge is 0.428 e. The number of carbonyl (C=O) groups excluding carboxylic acids is 4. The van der Waals surface area contributed by atoms with Crippen molar-refractivity contribution < 1.29 is 33.1 Å². The van der Waals surface area contributed by atoms with Crippen molar-refractivity contribution in [1.29, 1.82) is 0 Å². The number of esters is 2. The van der Waals surface area contributed by atoms with Crippen molar-refractivity contribution in [3.8, 4) is 0 Å². The number of amides is 1. The topological polar surface area (TPSA) is 99.2 Å². The first-order chi connectivity index (χ1) is 14.9.